The Labute approximate surface area is 206 Å². The highest BCUT2D eigenvalue weighted by molar-refractivity contribution is 6.51. The predicted octanol–water partition coefficient (Wildman–Crippen LogP) is 6.99. The van der Waals surface area contributed by atoms with Gasteiger partial charge in [-0.1, -0.05) is 0 Å². The third-order valence-electron chi connectivity index (χ3n) is 5.06. The number of hydrogen-bond acceptors (Lipinski definition) is 3. The average molecular weight is 590 g/mol. The minimum atomic E-state index is -4.46. The van der Waals surface area contributed by atoms with Crippen molar-refractivity contribution in [1.29, 1.82) is 0 Å². The van der Waals surface area contributed by atoms with Crippen LogP contribution in [0.25, 0.3) is 0 Å². The van der Waals surface area contributed by atoms with Crippen LogP contribution in [-0.4, -0.2) is 25.4 Å². The van der Waals surface area contributed by atoms with Crippen LogP contribution in [0.4, 0.5) is 65.9 Å². The summed E-state index contributed by atoms with van der Waals surface area (Å²) in [6, 6.07) is 0. The number of halogens is 15. The SMILES string of the molecule is CCOC1(B(Oc2c(F)c(F)c(F)c(F)c2F)Oc2c(F)c(F)c(F)c(F)c2F)C(F)=C(F)C(F)=C(F)C1F. The highest BCUT2D eigenvalue weighted by Crippen LogP contribution is 2.47. The summed E-state index contributed by atoms with van der Waals surface area (Å²) in [5, 5.41) is 0. The van der Waals surface area contributed by atoms with Crippen molar-refractivity contribution < 1.29 is 79.9 Å². The van der Waals surface area contributed by atoms with E-state index in [9.17, 15) is 57.1 Å². The van der Waals surface area contributed by atoms with Gasteiger partial charge in [-0.3, -0.25) is 0 Å². The number of alkyl halides is 1. The number of hydrogen-bond donors (Lipinski definition) is 0. The van der Waals surface area contributed by atoms with Crippen LogP contribution in [0.5, 0.6) is 11.5 Å². The Morgan fingerprint density at radius 3 is 1.23 bits per heavy atom. The lowest BCUT2D eigenvalue weighted by Gasteiger charge is -2.38. The van der Waals surface area contributed by atoms with E-state index >= 15 is 8.78 Å². The maximum absolute atomic E-state index is 15.1. The van der Waals surface area contributed by atoms with Gasteiger partial charge >= 0.3 is 7.12 Å². The van der Waals surface area contributed by atoms with Gasteiger partial charge in [0.1, 0.15) is 0 Å². The van der Waals surface area contributed by atoms with Gasteiger partial charge in [0, 0.05) is 6.61 Å². The molecule has 2 unspecified atom stereocenters. The Hall–Kier alpha value is -3.51. The molecule has 2 aromatic carbocycles. The van der Waals surface area contributed by atoms with Crippen LogP contribution in [0, 0.1) is 58.2 Å². The molecule has 0 N–H and O–H groups in total. The van der Waals surface area contributed by atoms with Gasteiger partial charge in [-0.25, -0.2) is 48.3 Å². The molecular formula is C20H6BF15O3. The molecule has 0 fully saturated rings. The van der Waals surface area contributed by atoms with E-state index in [0.717, 1.165) is 6.92 Å². The van der Waals surface area contributed by atoms with E-state index in [1.165, 1.54) is 0 Å². The molecule has 3 rings (SSSR count). The minimum absolute atomic E-state index is 0.764. The summed E-state index contributed by atoms with van der Waals surface area (Å²) in [6.07, 6.45) is -4.11. The first-order chi connectivity index (χ1) is 18.1. The Balaban J connectivity index is 2.40. The van der Waals surface area contributed by atoms with Gasteiger partial charge in [0.15, 0.2) is 41.0 Å². The zero-order valence-corrected chi connectivity index (χ0v) is 18.3. The number of allylic oxidation sites excluding steroid dienone is 2. The molecule has 212 valence electrons. The second-order valence-electron chi connectivity index (χ2n) is 7.24. The number of ether oxygens (including phenoxy) is 1. The average Bonchev–Trinajstić information content (AvgIpc) is 2.92. The Kier molecular flexibility index (Phi) is 8.15. The maximum atomic E-state index is 15.1. The second kappa shape index (κ2) is 10.6. The van der Waals surface area contributed by atoms with Crippen LogP contribution in [0.2, 0.25) is 0 Å². The van der Waals surface area contributed by atoms with Gasteiger partial charge in [0.2, 0.25) is 63.7 Å². The summed E-state index contributed by atoms with van der Waals surface area (Å²) < 4.78 is 223. The molecule has 2 atom stereocenters. The first-order valence-electron chi connectivity index (χ1n) is 9.81. The van der Waals surface area contributed by atoms with E-state index in [2.05, 4.69) is 14.0 Å². The van der Waals surface area contributed by atoms with E-state index in [-0.39, 0.29) is 0 Å². The molecule has 39 heavy (non-hydrogen) atoms. The molecule has 0 aliphatic heterocycles. The Bertz CT molecular complexity index is 1280. The van der Waals surface area contributed by atoms with Gasteiger partial charge < -0.3 is 14.0 Å². The lowest BCUT2D eigenvalue weighted by Crippen LogP contribution is -2.63. The van der Waals surface area contributed by atoms with Gasteiger partial charge in [-0.15, -0.1) is 0 Å². The van der Waals surface area contributed by atoms with Crippen molar-refractivity contribution in [3.63, 3.8) is 0 Å². The summed E-state index contributed by atoms with van der Waals surface area (Å²) in [6.45, 7) is -0.409. The fourth-order valence-electron chi connectivity index (χ4n) is 3.24. The van der Waals surface area contributed by atoms with Crippen molar-refractivity contribution in [1.82, 2.24) is 0 Å². The Morgan fingerprint density at radius 1 is 0.564 bits per heavy atom. The van der Waals surface area contributed by atoms with Crippen molar-refractivity contribution in [2.24, 2.45) is 0 Å². The molecular weight excluding hydrogens is 584 g/mol. The lowest BCUT2D eigenvalue weighted by molar-refractivity contribution is -0.0413. The number of rotatable bonds is 7. The standard InChI is InChI=1S/C20H6BF15O3/c1-2-37-20(18(35)14(33)9(28)15(34)19(20)36)21(38-16-10(29)5(24)3(22)6(25)11(16)30)39-17-12(31)7(26)4(23)8(27)13(17)32/h18H,2H2,1H3. The van der Waals surface area contributed by atoms with Crippen LogP contribution >= 0.6 is 0 Å². The van der Waals surface area contributed by atoms with Gasteiger partial charge in [0.25, 0.3) is 0 Å². The second-order valence-corrected chi connectivity index (χ2v) is 7.24. The van der Waals surface area contributed by atoms with E-state index < -0.39 is 118 Å². The van der Waals surface area contributed by atoms with Crippen LogP contribution in [0.1, 0.15) is 6.92 Å². The summed E-state index contributed by atoms with van der Waals surface area (Å²) in [5.74, 6) is -45.9. The topological polar surface area (TPSA) is 27.7 Å². The molecule has 3 nitrogen and oxygen atoms in total. The smallest absolute Gasteiger partial charge is 0.519 e. The quantitative estimate of drug-likeness (QED) is 0.151. The van der Waals surface area contributed by atoms with E-state index in [1.807, 2.05) is 0 Å². The molecule has 0 saturated heterocycles. The molecule has 2 aromatic rings. The Morgan fingerprint density at radius 2 is 0.897 bits per heavy atom. The van der Waals surface area contributed by atoms with Crippen molar-refractivity contribution in [2.75, 3.05) is 6.61 Å². The minimum Gasteiger partial charge on any atom is -0.519 e. The molecule has 0 spiro atoms. The van der Waals surface area contributed by atoms with Gasteiger partial charge in [-0.2, -0.15) is 17.6 Å². The van der Waals surface area contributed by atoms with Crippen molar-refractivity contribution >= 4 is 7.12 Å². The summed E-state index contributed by atoms with van der Waals surface area (Å²) in [5.41, 5.74) is -4.46. The van der Waals surface area contributed by atoms with Gasteiger partial charge in [-0.05, 0) is 6.92 Å². The van der Waals surface area contributed by atoms with E-state index in [0.29, 0.717) is 0 Å². The first-order valence-corrected chi connectivity index (χ1v) is 9.81. The molecule has 0 amide bonds. The van der Waals surface area contributed by atoms with Crippen molar-refractivity contribution in [3.8, 4) is 11.5 Å². The zero-order chi connectivity index (χ0) is 29.7. The van der Waals surface area contributed by atoms with Crippen molar-refractivity contribution in [2.45, 2.75) is 18.6 Å². The van der Waals surface area contributed by atoms with Gasteiger partial charge in [0.05, 0.1) is 0 Å². The molecule has 1 aliphatic carbocycles. The highest BCUT2D eigenvalue weighted by atomic mass is 19.2. The normalized spacial score (nSPS) is 19.6. The van der Waals surface area contributed by atoms with Crippen LogP contribution in [-0.2, 0) is 4.74 Å². The molecule has 0 bridgehead atoms. The third kappa shape index (κ3) is 4.45. The summed E-state index contributed by atoms with van der Waals surface area (Å²) in [4.78, 5) is 0. The molecule has 0 heterocycles. The van der Waals surface area contributed by atoms with Crippen LogP contribution in [0.15, 0.2) is 23.3 Å². The van der Waals surface area contributed by atoms with Crippen molar-refractivity contribution in [3.05, 3.63) is 81.5 Å². The third-order valence-corrected chi connectivity index (χ3v) is 5.06. The van der Waals surface area contributed by atoms with Crippen LogP contribution in [0.3, 0.4) is 0 Å². The summed E-state index contributed by atoms with van der Waals surface area (Å²) >= 11 is 0. The maximum Gasteiger partial charge on any atom is 0.640 e. The fraction of sp³-hybridized carbons (Fsp3) is 0.200. The molecule has 1 aliphatic rings. The van der Waals surface area contributed by atoms with E-state index in [4.69, 9.17) is 0 Å². The van der Waals surface area contributed by atoms with Crippen LogP contribution < -0.4 is 9.31 Å². The molecule has 0 radical (unpaired) electrons. The predicted molar refractivity (Wildman–Crippen MR) is 97.2 cm³/mol. The highest BCUT2D eigenvalue weighted by Gasteiger charge is 2.67. The zero-order valence-electron chi connectivity index (χ0n) is 18.3. The molecule has 0 aromatic heterocycles. The molecule has 0 saturated carbocycles. The lowest BCUT2D eigenvalue weighted by atomic mass is 9.61. The largest absolute Gasteiger partial charge is 0.640 e. The first kappa shape index (κ1) is 30.0. The number of benzene rings is 2. The van der Waals surface area contributed by atoms with E-state index in [1.54, 1.807) is 0 Å². The summed E-state index contributed by atoms with van der Waals surface area (Å²) in [7, 11) is -3.96. The fourth-order valence-corrected chi connectivity index (χ4v) is 3.24. The monoisotopic (exact) mass is 590 g/mol. The molecule has 19 heteroatoms.